The number of piperidine rings is 1. The molecule has 1 N–H and O–H groups in total. The van der Waals surface area contributed by atoms with Crippen molar-refractivity contribution in [1.29, 1.82) is 0 Å². The van der Waals surface area contributed by atoms with Crippen LogP contribution in [0.5, 0.6) is 0 Å². The second kappa shape index (κ2) is 10.5. The van der Waals surface area contributed by atoms with E-state index in [2.05, 4.69) is 31.6 Å². The topological polar surface area (TPSA) is 94.9 Å². The molecule has 1 atom stereocenters. The molecule has 2 saturated heterocycles. The van der Waals surface area contributed by atoms with Crippen molar-refractivity contribution < 1.29 is 14.6 Å². The van der Waals surface area contributed by atoms with Crippen LogP contribution >= 0.6 is 11.3 Å². The summed E-state index contributed by atoms with van der Waals surface area (Å²) in [6.45, 7) is 10.6. The molecular weight excluding hydrogens is 428 g/mol. The van der Waals surface area contributed by atoms with Gasteiger partial charge in [0.25, 0.3) is 0 Å². The first kappa shape index (κ1) is 22.9. The normalized spacial score (nSPS) is 19.9. The monoisotopic (exact) mass is 460 g/mol. The average Bonchev–Trinajstić information content (AvgIpc) is 3.26. The van der Waals surface area contributed by atoms with E-state index in [1.54, 1.807) is 19.3 Å². The molecular formula is C22H32N6O3S. The molecule has 4 heterocycles. The number of nitrogens with zero attached hydrogens (tertiary/aromatic N) is 6. The van der Waals surface area contributed by atoms with Gasteiger partial charge in [0.1, 0.15) is 22.1 Å². The molecule has 2 aliphatic heterocycles. The summed E-state index contributed by atoms with van der Waals surface area (Å²) in [6.07, 6.45) is 5.81. The predicted molar refractivity (Wildman–Crippen MR) is 125 cm³/mol. The number of carbonyl (C=O) groups excluding carboxylic acids is 1. The zero-order valence-corrected chi connectivity index (χ0v) is 19.7. The van der Waals surface area contributed by atoms with E-state index in [1.165, 1.54) is 17.8 Å². The molecule has 0 amide bonds. The van der Waals surface area contributed by atoms with E-state index < -0.39 is 0 Å². The summed E-state index contributed by atoms with van der Waals surface area (Å²) < 4.78 is 5.29. The maximum Gasteiger partial charge on any atom is 0.350 e. The summed E-state index contributed by atoms with van der Waals surface area (Å²) in [7, 11) is 0. The third-order valence-corrected chi connectivity index (χ3v) is 7.09. The first-order valence-electron chi connectivity index (χ1n) is 11.4. The number of hydrogen-bond donors (Lipinski definition) is 1. The van der Waals surface area contributed by atoms with Crippen molar-refractivity contribution in [3.8, 4) is 11.4 Å². The third kappa shape index (κ3) is 5.19. The van der Waals surface area contributed by atoms with Gasteiger partial charge in [0.05, 0.1) is 25.6 Å². The summed E-state index contributed by atoms with van der Waals surface area (Å²) >= 11 is 1.38. The highest BCUT2D eigenvalue weighted by molar-refractivity contribution is 7.17. The van der Waals surface area contributed by atoms with Crippen molar-refractivity contribution in [2.45, 2.75) is 26.7 Å². The quantitative estimate of drug-likeness (QED) is 0.624. The maximum absolute atomic E-state index is 12.6. The van der Waals surface area contributed by atoms with Crippen LogP contribution in [0.4, 0.5) is 10.9 Å². The summed E-state index contributed by atoms with van der Waals surface area (Å²) in [4.78, 5) is 33.9. The fourth-order valence-electron chi connectivity index (χ4n) is 4.26. The number of carbonyl (C=O) groups is 1. The number of thiazole rings is 1. The van der Waals surface area contributed by atoms with Crippen LogP contribution in [-0.2, 0) is 4.74 Å². The highest BCUT2D eigenvalue weighted by atomic mass is 32.1. The lowest BCUT2D eigenvalue weighted by molar-refractivity contribution is 0.0532. The van der Waals surface area contributed by atoms with Gasteiger partial charge in [-0.15, -0.1) is 0 Å². The van der Waals surface area contributed by atoms with Crippen molar-refractivity contribution >= 4 is 28.3 Å². The number of anilines is 2. The first-order valence-corrected chi connectivity index (χ1v) is 12.2. The molecule has 0 radical (unpaired) electrons. The average molecular weight is 461 g/mol. The molecule has 2 fully saturated rings. The Hall–Kier alpha value is -2.30. The van der Waals surface area contributed by atoms with Gasteiger partial charge in [-0.3, -0.25) is 4.90 Å². The number of ether oxygens (including phenoxy) is 1. The van der Waals surface area contributed by atoms with Crippen LogP contribution in [-0.4, -0.2) is 90.0 Å². The van der Waals surface area contributed by atoms with Gasteiger partial charge in [0, 0.05) is 45.8 Å². The largest absolute Gasteiger partial charge is 0.462 e. The van der Waals surface area contributed by atoms with E-state index in [-0.39, 0.29) is 12.6 Å². The Morgan fingerprint density at radius 1 is 1.19 bits per heavy atom. The Morgan fingerprint density at radius 2 is 2.00 bits per heavy atom. The standard InChI is InChI=1S/C22H32N6O3S/c1-3-31-21(30)20-19(25-22(32-20)28-6-4-5-16(2)15-28)17-13-24-18(14-23-17)27-9-7-26(8-10-27)11-12-29/h13-14,16,29H,3-12,15H2,1-2H3/t16-/m1/s1. The summed E-state index contributed by atoms with van der Waals surface area (Å²) in [5, 5.41) is 9.96. The minimum atomic E-state index is -0.359. The van der Waals surface area contributed by atoms with Gasteiger partial charge in [-0.2, -0.15) is 0 Å². The zero-order valence-electron chi connectivity index (χ0n) is 18.9. The number of esters is 1. The number of aliphatic hydroxyl groups excluding tert-OH is 1. The second-order valence-electron chi connectivity index (χ2n) is 8.40. The number of aliphatic hydroxyl groups is 1. The van der Waals surface area contributed by atoms with Crippen LogP contribution in [0.25, 0.3) is 11.4 Å². The number of hydrogen-bond acceptors (Lipinski definition) is 10. The van der Waals surface area contributed by atoms with Crippen molar-refractivity contribution in [3.05, 3.63) is 17.3 Å². The first-order chi connectivity index (χ1) is 15.6. The Morgan fingerprint density at radius 3 is 2.66 bits per heavy atom. The van der Waals surface area contributed by atoms with Crippen LogP contribution in [0, 0.1) is 5.92 Å². The Labute approximate surface area is 193 Å². The third-order valence-electron chi connectivity index (χ3n) is 6.00. The fourth-order valence-corrected chi connectivity index (χ4v) is 5.27. The van der Waals surface area contributed by atoms with Gasteiger partial charge in [-0.25, -0.2) is 19.7 Å². The van der Waals surface area contributed by atoms with Crippen LogP contribution < -0.4 is 9.80 Å². The molecule has 174 valence electrons. The molecule has 4 rings (SSSR count). The van der Waals surface area contributed by atoms with Crippen LogP contribution in [0.2, 0.25) is 0 Å². The fraction of sp³-hybridized carbons (Fsp3) is 0.636. The highest BCUT2D eigenvalue weighted by Crippen LogP contribution is 2.35. The lowest BCUT2D eigenvalue weighted by atomic mass is 10.0. The minimum absolute atomic E-state index is 0.184. The van der Waals surface area contributed by atoms with Gasteiger partial charge in [0.2, 0.25) is 0 Å². The molecule has 9 nitrogen and oxygen atoms in total. The van der Waals surface area contributed by atoms with E-state index in [9.17, 15) is 4.79 Å². The van der Waals surface area contributed by atoms with Crippen LogP contribution in [0.15, 0.2) is 12.4 Å². The number of rotatable bonds is 7. The summed E-state index contributed by atoms with van der Waals surface area (Å²) in [5.74, 6) is 1.07. The molecule has 0 bridgehead atoms. The Balaban J connectivity index is 1.54. The van der Waals surface area contributed by atoms with Gasteiger partial charge in [-0.05, 0) is 25.7 Å². The molecule has 0 aromatic carbocycles. The molecule has 10 heteroatoms. The van der Waals surface area contributed by atoms with E-state index in [4.69, 9.17) is 14.8 Å². The Bertz CT molecular complexity index is 898. The highest BCUT2D eigenvalue weighted by Gasteiger charge is 2.27. The van der Waals surface area contributed by atoms with E-state index in [0.717, 1.165) is 56.6 Å². The predicted octanol–water partition coefficient (Wildman–Crippen LogP) is 2.13. The number of piperazine rings is 1. The lowest BCUT2D eigenvalue weighted by Gasteiger charge is -2.34. The molecule has 0 unspecified atom stereocenters. The van der Waals surface area contributed by atoms with Crippen molar-refractivity contribution in [2.24, 2.45) is 5.92 Å². The summed E-state index contributed by atoms with van der Waals surface area (Å²) in [5.41, 5.74) is 1.14. The smallest absolute Gasteiger partial charge is 0.350 e. The van der Waals surface area contributed by atoms with Crippen molar-refractivity contribution in [3.63, 3.8) is 0 Å². The molecule has 2 aromatic rings. The molecule has 0 spiro atoms. The van der Waals surface area contributed by atoms with E-state index in [1.807, 2.05) is 0 Å². The van der Waals surface area contributed by atoms with E-state index >= 15 is 0 Å². The minimum Gasteiger partial charge on any atom is -0.462 e. The van der Waals surface area contributed by atoms with Crippen LogP contribution in [0.1, 0.15) is 36.4 Å². The van der Waals surface area contributed by atoms with Gasteiger partial charge in [-0.1, -0.05) is 18.3 Å². The van der Waals surface area contributed by atoms with Crippen molar-refractivity contribution in [2.75, 3.05) is 68.8 Å². The SMILES string of the molecule is CCOC(=O)c1sc(N2CCC[C@@H](C)C2)nc1-c1cnc(N2CCN(CCO)CC2)cn1. The molecule has 2 aliphatic rings. The maximum atomic E-state index is 12.6. The van der Waals surface area contributed by atoms with Gasteiger partial charge >= 0.3 is 5.97 Å². The second-order valence-corrected chi connectivity index (χ2v) is 9.38. The Kier molecular flexibility index (Phi) is 7.54. The summed E-state index contributed by atoms with van der Waals surface area (Å²) in [6, 6.07) is 0. The van der Waals surface area contributed by atoms with E-state index in [0.29, 0.717) is 35.3 Å². The van der Waals surface area contributed by atoms with Crippen molar-refractivity contribution in [1.82, 2.24) is 19.9 Å². The molecule has 2 aromatic heterocycles. The molecule has 0 aliphatic carbocycles. The number of β-amino-alcohol motifs (C(OH)–C–C–N with tert-alkyl or cyclic N) is 1. The van der Waals surface area contributed by atoms with Crippen LogP contribution in [0.3, 0.4) is 0 Å². The number of aromatic nitrogens is 3. The molecule has 32 heavy (non-hydrogen) atoms. The zero-order chi connectivity index (χ0) is 22.5. The van der Waals surface area contributed by atoms with Gasteiger partial charge < -0.3 is 19.6 Å². The van der Waals surface area contributed by atoms with Gasteiger partial charge in [0.15, 0.2) is 5.13 Å². The lowest BCUT2D eigenvalue weighted by Crippen LogP contribution is -2.47. The molecule has 0 saturated carbocycles.